The number of aromatic amines is 1. The number of methoxy groups -OCH3 is 1. The Bertz CT molecular complexity index is 669. The normalized spacial score (nSPS) is 11.0. The third kappa shape index (κ3) is 6.31. The summed E-state index contributed by atoms with van der Waals surface area (Å²) in [5.74, 6) is 2.51. The third-order valence-electron chi connectivity index (χ3n) is 3.13. The highest BCUT2D eigenvalue weighted by molar-refractivity contribution is 7.99. The monoisotopic (exact) mass is 350 g/mol. The Labute approximate surface area is 145 Å². The molecule has 2 aromatic rings. The first-order valence-electron chi connectivity index (χ1n) is 7.54. The Morgan fingerprint density at radius 1 is 1.26 bits per heavy atom. The molecule has 0 saturated heterocycles. The van der Waals surface area contributed by atoms with Crippen LogP contribution in [-0.2, 0) is 12.2 Å². The van der Waals surface area contributed by atoms with E-state index in [2.05, 4.69) is 35.9 Å². The quantitative estimate of drug-likeness (QED) is 0.580. The lowest BCUT2D eigenvalue weighted by Crippen LogP contribution is -2.10. The van der Waals surface area contributed by atoms with Crippen molar-refractivity contribution >= 4 is 23.5 Å². The zero-order valence-corrected chi connectivity index (χ0v) is 15.3. The molecule has 124 valence electrons. The van der Waals surface area contributed by atoms with Gasteiger partial charge in [-0.25, -0.2) is 4.98 Å². The minimum Gasteiger partial charge on any atom is -0.497 e. The summed E-state index contributed by atoms with van der Waals surface area (Å²) in [5, 5.41) is 1.23. The maximum Gasteiger partial charge on any atom is 0.251 e. The maximum absolute atomic E-state index is 11.7. The molecule has 1 N–H and O–H groups in total. The summed E-state index contributed by atoms with van der Waals surface area (Å²) in [4.78, 5) is 19.1. The smallest absolute Gasteiger partial charge is 0.251 e. The second-order valence-electron chi connectivity index (χ2n) is 5.35. The standard InChI is InChI=1S/C17H22N2O2S2/c1-12(2)23-11-14-10-16(20)19-17(18-14)22-9-8-13-4-6-15(21-3)7-5-13/h4-7,10,12H,8-9,11H2,1-3H3,(H,18,19,20). The van der Waals surface area contributed by atoms with Crippen LogP contribution in [0.15, 0.2) is 40.3 Å². The second kappa shape index (κ2) is 9.03. The molecule has 1 aromatic heterocycles. The number of aromatic nitrogens is 2. The van der Waals surface area contributed by atoms with Crippen molar-refractivity contribution in [3.05, 3.63) is 51.9 Å². The van der Waals surface area contributed by atoms with E-state index in [1.54, 1.807) is 36.7 Å². The molecule has 0 aliphatic carbocycles. The van der Waals surface area contributed by atoms with Gasteiger partial charge in [0.2, 0.25) is 0 Å². The minimum absolute atomic E-state index is 0.0775. The lowest BCUT2D eigenvalue weighted by molar-refractivity contribution is 0.414. The maximum atomic E-state index is 11.7. The molecule has 1 aromatic carbocycles. The van der Waals surface area contributed by atoms with Crippen LogP contribution in [0, 0.1) is 0 Å². The molecule has 0 amide bonds. The molecular weight excluding hydrogens is 328 g/mol. The van der Waals surface area contributed by atoms with Crippen LogP contribution < -0.4 is 10.3 Å². The van der Waals surface area contributed by atoms with Crippen molar-refractivity contribution in [2.75, 3.05) is 12.9 Å². The van der Waals surface area contributed by atoms with Crippen molar-refractivity contribution in [1.29, 1.82) is 0 Å². The minimum atomic E-state index is -0.0775. The van der Waals surface area contributed by atoms with E-state index in [1.807, 2.05) is 12.1 Å². The molecule has 6 heteroatoms. The van der Waals surface area contributed by atoms with Crippen molar-refractivity contribution in [2.24, 2.45) is 0 Å². The average molecular weight is 351 g/mol. The third-order valence-corrected chi connectivity index (χ3v) is 5.13. The van der Waals surface area contributed by atoms with E-state index >= 15 is 0 Å². The number of hydrogen-bond donors (Lipinski definition) is 1. The molecule has 1 heterocycles. The number of benzene rings is 1. The van der Waals surface area contributed by atoms with Crippen LogP contribution in [-0.4, -0.2) is 28.1 Å². The highest BCUT2D eigenvalue weighted by Crippen LogP contribution is 2.19. The summed E-state index contributed by atoms with van der Waals surface area (Å²) in [6.45, 7) is 4.28. The highest BCUT2D eigenvalue weighted by Gasteiger charge is 2.04. The van der Waals surface area contributed by atoms with Gasteiger partial charge in [-0.3, -0.25) is 4.79 Å². The molecule has 0 unspecified atom stereocenters. The molecule has 0 saturated carbocycles. The predicted molar refractivity (Wildman–Crippen MR) is 98.7 cm³/mol. The summed E-state index contributed by atoms with van der Waals surface area (Å²) in [7, 11) is 1.66. The molecule has 0 bridgehead atoms. The van der Waals surface area contributed by atoms with Crippen LogP contribution in [0.3, 0.4) is 0 Å². The van der Waals surface area contributed by atoms with Crippen LogP contribution in [0.1, 0.15) is 25.1 Å². The molecule has 4 nitrogen and oxygen atoms in total. The Balaban J connectivity index is 1.90. The first-order chi connectivity index (χ1) is 11.1. The summed E-state index contributed by atoms with van der Waals surface area (Å²) in [6, 6.07) is 9.63. The number of nitrogens with one attached hydrogen (secondary N) is 1. The van der Waals surface area contributed by atoms with Crippen molar-refractivity contribution in [3.8, 4) is 5.75 Å². The molecule has 2 rings (SSSR count). The lowest BCUT2D eigenvalue weighted by Gasteiger charge is -2.06. The van der Waals surface area contributed by atoms with Crippen LogP contribution in [0.25, 0.3) is 0 Å². The van der Waals surface area contributed by atoms with Gasteiger partial charge in [-0.2, -0.15) is 11.8 Å². The van der Waals surface area contributed by atoms with E-state index in [0.29, 0.717) is 10.4 Å². The zero-order chi connectivity index (χ0) is 16.7. The largest absolute Gasteiger partial charge is 0.497 e. The Kier molecular flexibility index (Phi) is 7.05. The van der Waals surface area contributed by atoms with E-state index in [-0.39, 0.29) is 5.56 Å². The predicted octanol–water partition coefficient (Wildman–Crippen LogP) is 3.75. The number of thioether (sulfide) groups is 2. The molecule has 0 radical (unpaired) electrons. The molecule has 0 aliphatic heterocycles. The van der Waals surface area contributed by atoms with Crippen molar-refractivity contribution in [2.45, 2.75) is 36.4 Å². The van der Waals surface area contributed by atoms with Gasteiger partial charge >= 0.3 is 0 Å². The van der Waals surface area contributed by atoms with Crippen LogP contribution in [0.5, 0.6) is 5.75 Å². The highest BCUT2D eigenvalue weighted by atomic mass is 32.2. The van der Waals surface area contributed by atoms with E-state index in [1.165, 1.54) is 5.56 Å². The van der Waals surface area contributed by atoms with E-state index < -0.39 is 0 Å². The molecule has 23 heavy (non-hydrogen) atoms. The van der Waals surface area contributed by atoms with Gasteiger partial charge in [0, 0.05) is 17.6 Å². The second-order valence-corrected chi connectivity index (χ2v) is 8.00. The van der Waals surface area contributed by atoms with Gasteiger partial charge in [0.05, 0.1) is 12.8 Å². The van der Waals surface area contributed by atoms with Crippen molar-refractivity contribution in [1.82, 2.24) is 9.97 Å². The Morgan fingerprint density at radius 2 is 2.00 bits per heavy atom. The number of hydrogen-bond acceptors (Lipinski definition) is 5. The Morgan fingerprint density at radius 3 is 2.65 bits per heavy atom. The molecule has 0 atom stereocenters. The van der Waals surface area contributed by atoms with Crippen LogP contribution >= 0.6 is 23.5 Å². The fourth-order valence-corrected chi connectivity index (χ4v) is 3.47. The SMILES string of the molecule is COc1ccc(CCSc2nc(CSC(C)C)cc(=O)[nH]2)cc1. The van der Waals surface area contributed by atoms with Gasteiger partial charge in [-0.15, -0.1) is 0 Å². The van der Waals surface area contributed by atoms with Gasteiger partial charge < -0.3 is 9.72 Å². The molecular formula is C17H22N2O2S2. The van der Waals surface area contributed by atoms with Gasteiger partial charge in [-0.05, 0) is 29.4 Å². The topological polar surface area (TPSA) is 55.0 Å². The van der Waals surface area contributed by atoms with E-state index in [9.17, 15) is 4.79 Å². The summed E-state index contributed by atoms with van der Waals surface area (Å²) in [6.07, 6.45) is 0.920. The van der Waals surface area contributed by atoms with Gasteiger partial charge in [0.15, 0.2) is 5.16 Å². The van der Waals surface area contributed by atoms with E-state index in [4.69, 9.17) is 4.74 Å². The fourth-order valence-electron chi connectivity index (χ4n) is 1.94. The fraction of sp³-hybridized carbons (Fsp3) is 0.412. The number of rotatable bonds is 8. The first kappa shape index (κ1) is 17.9. The molecule has 0 fully saturated rings. The van der Waals surface area contributed by atoms with E-state index in [0.717, 1.165) is 29.4 Å². The molecule has 0 spiro atoms. The number of nitrogens with zero attached hydrogens (tertiary/aromatic N) is 1. The lowest BCUT2D eigenvalue weighted by atomic mass is 10.2. The van der Waals surface area contributed by atoms with Crippen LogP contribution in [0.4, 0.5) is 0 Å². The number of H-pyrrole nitrogens is 1. The van der Waals surface area contributed by atoms with Crippen molar-refractivity contribution in [3.63, 3.8) is 0 Å². The van der Waals surface area contributed by atoms with Gasteiger partial charge in [0.25, 0.3) is 5.56 Å². The van der Waals surface area contributed by atoms with Gasteiger partial charge in [-0.1, -0.05) is 37.7 Å². The van der Waals surface area contributed by atoms with Crippen LogP contribution in [0.2, 0.25) is 0 Å². The van der Waals surface area contributed by atoms with Crippen molar-refractivity contribution < 1.29 is 4.74 Å². The summed E-state index contributed by atoms with van der Waals surface area (Å²) in [5.41, 5.74) is 2.01. The summed E-state index contributed by atoms with van der Waals surface area (Å²) >= 11 is 3.37. The summed E-state index contributed by atoms with van der Waals surface area (Å²) < 4.78 is 5.15. The number of ether oxygens (including phenoxy) is 1. The average Bonchev–Trinajstić information content (AvgIpc) is 2.53. The zero-order valence-electron chi connectivity index (χ0n) is 13.7. The molecule has 0 aliphatic rings. The number of aryl methyl sites for hydroxylation is 1. The first-order valence-corrected chi connectivity index (χ1v) is 9.58. The Hall–Kier alpha value is -1.40. The van der Waals surface area contributed by atoms with Gasteiger partial charge in [0.1, 0.15) is 5.75 Å².